The molecule has 0 aliphatic carbocycles. The highest BCUT2D eigenvalue weighted by molar-refractivity contribution is 5.95. The molecule has 0 spiro atoms. The molecular formula is C13H8N2O2. The summed E-state index contributed by atoms with van der Waals surface area (Å²) in [5, 5.41) is 5.92. The Morgan fingerprint density at radius 2 is 1.88 bits per heavy atom. The molecule has 82 valence electrons. The lowest BCUT2D eigenvalue weighted by atomic mass is 10.0. The predicted molar refractivity (Wildman–Crippen MR) is 62.6 cm³/mol. The van der Waals surface area contributed by atoms with Crippen LogP contribution in [0.25, 0.3) is 22.2 Å². The molecule has 0 saturated carbocycles. The Hall–Kier alpha value is -2.49. The number of hydrogen-bond donors (Lipinski definition) is 0. The molecule has 4 heteroatoms. The Labute approximate surface area is 96.9 Å². The van der Waals surface area contributed by atoms with E-state index in [1.807, 2.05) is 42.5 Å². The fraction of sp³-hybridized carbons (Fsp3) is 0. The van der Waals surface area contributed by atoms with Crippen LogP contribution in [0.2, 0.25) is 0 Å². The van der Waals surface area contributed by atoms with Gasteiger partial charge in [-0.05, 0) is 10.8 Å². The topological polar surface area (TPSA) is 56.0 Å². The van der Waals surface area contributed by atoms with Crippen molar-refractivity contribution in [2.75, 3.05) is 0 Å². The first-order valence-corrected chi connectivity index (χ1v) is 5.15. The summed E-state index contributed by atoms with van der Waals surface area (Å²) in [4.78, 5) is 14.5. The van der Waals surface area contributed by atoms with E-state index in [1.54, 1.807) is 0 Å². The van der Waals surface area contributed by atoms with Gasteiger partial charge in [0, 0.05) is 5.56 Å². The molecule has 1 heterocycles. The molecule has 17 heavy (non-hydrogen) atoms. The highest BCUT2D eigenvalue weighted by Gasteiger charge is 2.10. The van der Waals surface area contributed by atoms with Crippen LogP contribution in [0.3, 0.4) is 0 Å². The highest BCUT2D eigenvalue weighted by atomic mass is 16.5. The standard InChI is InChI=1S/C13H8N2O2/c16-8-12-14-13(15-17-12)11-7-3-5-9-4-1-2-6-10(9)11/h1-8H. The van der Waals surface area contributed by atoms with Crippen LogP contribution in [0.5, 0.6) is 0 Å². The first kappa shape index (κ1) is 9.72. The Morgan fingerprint density at radius 1 is 1.06 bits per heavy atom. The Morgan fingerprint density at radius 3 is 2.71 bits per heavy atom. The summed E-state index contributed by atoms with van der Waals surface area (Å²) in [6.45, 7) is 0. The number of carbonyl (C=O) groups is 1. The van der Waals surface area contributed by atoms with E-state index in [1.165, 1.54) is 0 Å². The Balaban J connectivity index is 2.26. The van der Waals surface area contributed by atoms with E-state index in [-0.39, 0.29) is 5.89 Å². The summed E-state index contributed by atoms with van der Waals surface area (Å²) in [5.41, 5.74) is 0.861. The Bertz CT molecular complexity index is 683. The van der Waals surface area contributed by atoms with Crippen molar-refractivity contribution in [1.82, 2.24) is 10.1 Å². The summed E-state index contributed by atoms with van der Waals surface area (Å²) in [5.74, 6) is 0.428. The van der Waals surface area contributed by atoms with Crippen molar-refractivity contribution in [3.63, 3.8) is 0 Å². The van der Waals surface area contributed by atoms with Gasteiger partial charge in [0.15, 0.2) is 0 Å². The second-order valence-electron chi connectivity index (χ2n) is 3.60. The molecule has 1 aromatic heterocycles. The smallest absolute Gasteiger partial charge is 0.291 e. The van der Waals surface area contributed by atoms with Crippen LogP contribution < -0.4 is 0 Å². The van der Waals surface area contributed by atoms with Gasteiger partial charge in [-0.1, -0.05) is 47.6 Å². The van der Waals surface area contributed by atoms with Gasteiger partial charge in [-0.3, -0.25) is 4.79 Å². The highest BCUT2D eigenvalue weighted by Crippen LogP contribution is 2.26. The van der Waals surface area contributed by atoms with Gasteiger partial charge in [0.1, 0.15) is 0 Å². The van der Waals surface area contributed by atoms with Crippen LogP contribution in [0, 0.1) is 0 Å². The van der Waals surface area contributed by atoms with Gasteiger partial charge in [0.25, 0.3) is 5.89 Å². The average molecular weight is 224 g/mol. The second kappa shape index (κ2) is 3.83. The lowest BCUT2D eigenvalue weighted by Gasteiger charge is -2.01. The van der Waals surface area contributed by atoms with Gasteiger partial charge in [-0.15, -0.1) is 0 Å². The SMILES string of the molecule is O=Cc1nc(-c2cccc3ccccc23)no1. The number of hydrogen-bond acceptors (Lipinski definition) is 4. The van der Waals surface area contributed by atoms with Crippen molar-refractivity contribution in [2.24, 2.45) is 0 Å². The number of aldehydes is 1. The summed E-state index contributed by atoms with van der Waals surface area (Å²) in [6, 6.07) is 13.8. The number of rotatable bonds is 2. The maximum absolute atomic E-state index is 10.5. The van der Waals surface area contributed by atoms with Gasteiger partial charge < -0.3 is 4.52 Å². The fourth-order valence-electron chi connectivity index (χ4n) is 1.81. The largest absolute Gasteiger partial charge is 0.331 e. The molecule has 0 saturated heterocycles. The van der Waals surface area contributed by atoms with Crippen LogP contribution in [0.4, 0.5) is 0 Å². The molecule has 3 aromatic rings. The quantitative estimate of drug-likeness (QED) is 0.628. The average Bonchev–Trinajstić information content (AvgIpc) is 2.87. The number of carbonyl (C=O) groups excluding carboxylic acids is 1. The van der Waals surface area contributed by atoms with Crippen LogP contribution in [-0.4, -0.2) is 16.4 Å². The molecule has 0 atom stereocenters. The molecular weight excluding hydrogens is 216 g/mol. The summed E-state index contributed by atoms with van der Waals surface area (Å²) < 4.78 is 4.79. The monoisotopic (exact) mass is 224 g/mol. The molecule has 0 fully saturated rings. The van der Waals surface area contributed by atoms with Crippen molar-refractivity contribution in [3.8, 4) is 11.4 Å². The molecule has 0 amide bonds. The lowest BCUT2D eigenvalue weighted by Crippen LogP contribution is -1.84. The van der Waals surface area contributed by atoms with Crippen molar-refractivity contribution in [2.45, 2.75) is 0 Å². The normalized spacial score (nSPS) is 10.6. The second-order valence-corrected chi connectivity index (χ2v) is 3.60. The zero-order valence-electron chi connectivity index (χ0n) is 8.83. The van der Waals surface area contributed by atoms with Gasteiger partial charge in [0.05, 0.1) is 0 Å². The van der Waals surface area contributed by atoms with Crippen molar-refractivity contribution in [1.29, 1.82) is 0 Å². The first-order valence-electron chi connectivity index (χ1n) is 5.15. The maximum atomic E-state index is 10.5. The first-order chi connectivity index (χ1) is 8.38. The maximum Gasteiger partial charge on any atom is 0.291 e. The predicted octanol–water partition coefficient (Wildman–Crippen LogP) is 2.70. The van der Waals surface area contributed by atoms with Gasteiger partial charge in [0.2, 0.25) is 12.1 Å². The number of fused-ring (bicyclic) bond motifs is 1. The minimum absolute atomic E-state index is 0.00654. The molecule has 0 aliphatic rings. The third-order valence-electron chi connectivity index (χ3n) is 2.57. The molecule has 0 bridgehead atoms. The number of nitrogens with zero attached hydrogens (tertiary/aromatic N) is 2. The molecule has 0 N–H and O–H groups in total. The van der Waals surface area contributed by atoms with Crippen LogP contribution >= 0.6 is 0 Å². The van der Waals surface area contributed by atoms with E-state index >= 15 is 0 Å². The number of benzene rings is 2. The molecule has 3 rings (SSSR count). The zero-order chi connectivity index (χ0) is 11.7. The van der Waals surface area contributed by atoms with Crippen molar-refractivity contribution in [3.05, 3.63) is 48.4 Å². The summed E-state index contributed by atoms with van der Waals surface area (Å²) >= 11 is 0. The van der Waals surface area contributed by atoms with E-state index in [4.69, 9.17) is 4.52 Å². The van der Waals surface area contributed by atoms with E-state index in [0.717, 1.165) is 16.3 Å². The van der Waals surface area contributed by atoms with Crippen LogP contribution in [0.1, 0.15) is 10.7 Å². The Kier molecular flexibility index (Phi) is 2.19. The fourth-order valence-corrected chi connectivity index (χ4v) is 1.81. The molecule has 4 nitrogen and oxygen atoms in total. The summed E-state index contributed by atoms with van der Waals surface area (Å²) in [7, 11) is 0. The lowest BCUT2D eigenvalue weighted by molar-refractivity contribution is 0.108. The van der Waals surface area contributed by atoms with E-state index in [9.17, 15) is 4.79 Å². The molecule has 0 unspecified atom stereocenters. The van der Waals surface area contributed by atoms with Crippen LogP contribution in [0.15, 0.2) is 47.0 Å². The minimum Gasteiger partial charge on any atom is -0.331 e. The minimum atomic E-state index is -0.00654. The van der Waals surface area contributed by atoms with Gasteiger partial charge in [-0.2, -0.15) is 4.98 Å². The number of aromatic nitrogens is 2. The van der Waals surface area contributed by atoms with Gasteiger partial charge in [-0.25, -0.2) is 0 Å². The van der Waals surface area contributed by atoms with E-state index in [2.05, 4.69) is 10.1 Å². The van der Waals surface area contributed by atoms with Crippen molar-refractivity contribution >= 4 is 17.1 Å². The zero-order valence-corrected chi connectivity index (χ0v) is 8.83. The third kappa shape index (κ3) is 1.59. The van der Waals surface area contributed by atoms with Crippen LogP contribution in [-0.2, 0) is 0 Å². The molecule has 0 aliphatic heterocycles. The third-order valence-corrected chi connectivity index (χ3v) is 2.57. The summed E-state index contributed by atoms with van der Waals surface area (Å²) in [6.07, 6.45) is 0.543. The molecule has 2 aromatic carbocycles. The molecule has 0 radical (unpaired) electrons. The van der Waals surface area contributed by atoms with Crippen molar-refractivity contribution < 1.29 is 9.32 Å². The van der Waals surface area contributed by atoms with E-state index in [0.29, 0.717) is 12.1 Å². The van der Waals surface area contributed by atoms with Gasteiger partial charge >= 0.3 is 0 Å². The van der Waals surface area contributed by atoms with E-state index < -0.39 is 0 Å².